The Hall–Kier alpha value is -2.10. The standard InChI is InChI=1S/C23H29N3O/c27-23(25-16-8-15-20(25)17-9-3-1-4-10-17)22-19-13-7-14-21(19)26(24-22)18-11-5-2-6-12-18/h2,5-6,11-12,17,20H,1,3-4,7-10,13-16H2/t20-/m0/s1. The number of fused-ring (bicyclic) bond motifs is 1. The first-order valence-corrected chi connectivity index (χ1v) is 10.8. The molecule has 1 amide bonds. The summed E-state index contributed by atoms with van der Waals surface area (Å²) in [6, 6.07) is 10.7. The maximum Gasteiger partial charge on any atom is 0.274 e. The molecule has 1 aliphatic heterocycles. The van der Waals surface area contributed by atoms with E-state index in [0.29, 0.717) is 12.0 Å². The van der Waals surface area contributed by atoms with E-state index in [1.165, 1.54) is 49.8 Å². The molecule has 2 aliphatic carbocycles. The molecule has 3 aliphatic rings. The Labute approximate surface area is 161 Å². The highest BCUT2D eigenvalue weighted by Gasteiger charge is 2.38. The van der Waals surface area contributed by atoms with Gasteiger partial charge in [0.2, 0.25) is 0 Å². The number of benzene rings is 1. The average molecular weight is 364 g/mol. The van der Waals surface area contributed by atoms with Gasteiger partial charge in [-0.3, -0.25) is 4.79 Å². The first-order chi connectivity index (χ1) is 13.3. The molecular formula is C23H29N3O. The number of nitrogens with zero attached hydrogens (tertiary/aromatic N) is 3. The maximum absolute atomic E-state index is 13.6. The predicted molar refractivity (Wildman–Crippen MR) is 106 cm³/mol. The molecule has 142 valence electrons. The molecule has 0 bridgehead atoms. The number of likely N-dealkylation sites (tertiary alicyclic amines) is 1. The van der Waals surface area contributed by atoms with E-state index in [-0.39, 0.29) is 5.91 Å². The van der Waals surface area contributed by atoms with E-state index < -0.39 is 0 Å². The zero-order valence-corrected chi connectivity index (χ0v) is 16.1. The lowest BCUT2D eigenvalue weighted by molar-refractivity contribution is 0.0654. The molecule has 4 heteroatoms. The van der Waals surface area contributed by atoms with Crippen molar-refractivity contribution in [2.45, 2.75) is 70.3 Å². The van der Waals surface area contributed by atoms with Crippen LogP contribution < -0.4 is 0 Å². The Morgan fingerprint density at radius 1 is 0.926 bits per heavy atom. The van der Waals surface area contributed by atoms with Gasteiger partial charge in [0, 0.05) is 23.8 Å². The molecule has 27 heavy (non-hydrogen) atoms. The van der Waals surface area contributed by atoms with Gasteiger partial charge in [0.15, 0.2) is 5.69 Å². The summed E-state index contributed by atoms with van der Waals surface area (Å²) in [6.45, 7) is 0.910. The van der Waals surface area contributed by atoms with Crippen LogP contribution in [0.25, 0.3) is 5.69 Å². The van der Waals surface area contributed by atoms with Crippen molar-refractivity contribution in [3.63, 3.8) is 0 Å². The Morgan fingerprint density at radius 2 is 1.74 bits per heavy atom. The van der Waals surface area contributed by atoms with Crippen molar-refractivity contribution in [3.05, 3.63) is 47.3 Å². The van der Waals surface area contributed by atoms with Crippen LogP contribution in [0.4, 0.5) is 0 Å². The number of carbonyl (C=O) groups is 1. The molecule has 5 rings (SSSR count). The maximum atomic E-state index is 13.6. The number of aromatic nitrogens is 2. The lowest BCUT2D eigenvalue weighted by atomic mass is 9.83. The minimum atomic E-state index is 0.191. The number of hydrogen-bond donors (Lipinski definition) is 0. The summed E-state index contributed by atoms with van der Waals surface area (Å²) in [4.78, 5) is 15.7. The SMILES string of the molecule is O=C(c1nn(-c2ccccc2)c2c1CCC2)N1CCC[C@H]1C1CCCCC1. The van der Waals surface area contributed by atoms with Crippen molar-refractivity contribution in [2.24, 2.45) is 5.92 Å². The Kier molecular flexibility index (Phi) is 4.50. The number of para-hydroxylation sites is 1. The molecule has 1 saturated heterocycles. The van der Waals surface area contributed by atoms with Crippen LogP contribution in [0.1, 0.15) is 73.1 Å². The summed E-state index contributed by atoms with van der Waals surface area (Å²) in [7, 11) is 0. The molecule has 0 radical (unpaired) electrons. The smallest absolute Gasteiger partial charge is 0.274 e. The average Bonchev–Trinajstić information content (AvgIpc) is 3.45. The van der Waals surface area contributed by atoms with Crippen molar-refractivity contribution < 1.29 is 4.79 Å². The Balaban J connectivity index is 1.47. The molecule has 2 heterocycles. The van der Waals surface area contributed by atoms with Crippen molar-refractivity contribution in [1.82, 2.24) is 14.7 Å². The van der Waals surface area contributed by atoms with Gasteiger partial charge in [-0.25, -0.2) is 4.68 Å². The van der Waals surface area contributed by atoms with Crippen LogP contribution in [0.3, 0.4) is 0 Å². The van der Waals surface area contributed by atoms with Gasteiger partial charge in [-0.2, -0.15) is 5.10 Å². The quantitative estimate of drug-likeness (QED) is 0.802. The lowest BCUT2D eigenvalue weighted by Gasteiger charge is -2.33. The van der Waals surface area contributed by atoms with Crippen molar-refractivity contribution in [2.75, 3.05) is 6.54 Å². The van der Waals surface area contributed by atoms with Gasteiger partial charge >= 0.3 is 0 Å². The molecule has 1 saturated carbocycles. The summed E-state index contributed by atoms with van der Waals surface area (Å²) in [5, 5.41) is 4.85. The molecule has 0 spiro atoms. The summed E-state index contributed by atoms with van der Waals surface area (Å²) >= 11 is 0. The third-order valence-electron chi connectivity index (χ3n) is 6.89. The first-order valence-electron chi connectivity index (χ1n) is 10.8. The number of carbonyl (C=O) groups excluding carboxylic acids is 1. The van der Waals surface area contributed by atoms with Crippen LogP contribution >= 0.6 is 0 Å². The van der Waals surface area contributed by atoms with E-state index in [9.17, 15) is 4.79 Å². The normalized spacial score (nSPS) is 23.0. The first kappa shape index (κ1) is 17.0. The van der Waals surface area contributed by atoms with Gasteiger partial charge in [-0.05, 0) is 63.0 Å². The van der Waals surface area contributed by atoms with Crippen molar-refractivity contribution in [3.8, 4) is 5.69 Å². The minimum Gasteiger partial charge on any atom is -0.334 e. The highest BCUT2D eigenvalue weighted by Crippen LogP contribution is 2.36. The van der Waals surface area contributed by atoms with Crippen LogP contribution in [0.5, 0.6) is 0 Å². The van der Waals surface area contributed by atoms with Gasteiger partial charge in [0.25, 0.3) is 5.91 Å². The molecule has 1 atom stereocenters. The molecule has 0 N–H and O–H groups in total. The van der Waals surface area contributed by atoms with Crippen molar-refractivity contribution >= 4 is 5.91 Å². The summed E-state index contributed by atoms with van der Waals surface area (Å²) in [5.41, 5.74) is 4.25. The van der Waals surface area contributed by atoms with Gasteiger partial charge in [0.05, 0.1) is 5.69 Å². The topological polar surface area (TPSA) is 38.1 Å². The third-order valence-corrected chi connectivity index (χ3v) is 6.89. The van der Waals surface area contributed by atoms with E-state index >= 15 is 0 Å². The van der Waals surface area contributed by atoms with Crippen LogP contribution in [0.15, 0.2) is 30.3 Å². The monoisotopic (exact) mass is 363 g/mol. The predicted octanol–water partition coefficient (Wildman–Crippen LogP) is 4.55. The zero-order valence-electron chi connectivity index (χ0n) is 16.1. The summed E-state index contributed by atoms with van der Waals surface area (Å²) < 4.78 is 2.03. The number of rotatable bonds is 3. The van der Waals surface area contributed by atoms with Gasteiger partial charge in [0.1, 0.15) is 0 Å². The molecule has 0 unspecified atom stereocenters. The molecule has 2 fully saturated rings. The van der Waals surface area contributed by atoms with E-state index in [1.54, 1.807) is 0 Å². The summed E-state index contributed by atoms with van der Waals surface area (Å²) in [5.74, 6) is 0.894. The van der Waals surface area contributed by atoms with Crippen LogP contribution in [-0.4, -0.2) is 33.2 Å². The van der Waals surface area contributed by atoms with Crippen LogP contribution in [-0.2, 0) is 12.8 Å². The largest absolute Gasteiger partial charge is 0.334 e. The fourth-order valence-electron chi connectivity index (χ4n) is 5.58. The van der Waals surface area contributed by atoms with Gasteiger partial charge < -0.3 is 4.90 Å². The second-order valence-corrected chi connectivity index (χ2v) is 8.48. The molecule has 1 aromatic carbocycles. The van der Waals surface area contributed by atoms with E-state index in [1.807, 2.05) is 22.9 Å². The third kappa shape index (κ3) is 2.99. The van der Waals surface area contributed by atoms with Gasteiger partial charge in [-0.15, -0.1) is 0 Å². The molecule has 2 aromatic rings. The minimum absolute atomic E-state index is 0.191. The van der Waals surface area contributed by atoms with Crippen molar-refractivity contribution in [1.29, 1.82) is 0 Å². The van der Waals surface area contributed by atoms with Crippen LogP contribution in [0, 0.1) is 5.92 Å². The summed E-state index contributed by atoms with van der Waals surface area (Å²) in [6.07, 6.45) is 12.1. The second-order valence-electron chi connectivity index (χ2n) is 8.48. The second kappa shape index (κ2) is 7.14. The highest BCUT2D eigenvalue weighted by molar-refractivity contribution is 5.94. The van der Waals surface area contributed by atoms with E-state index in [0.717, 1.165) is 43.6 Å². The number of amides is 1. The zero-order chi connectivity index (χ0) is 18.2. The van der Waals surface area contributed by atoms with Gasteiger partial charge in [-0.1, -0.05) is 37.5 Å². The molecule has 4 nitrogen and oxygen atoms in total. The Morgan fingerprint density at radius 3 is 2.56 bits per heavy atom. The number of hydrogen-bond acceptors (Lipinski definition) is 2. The molecule has 1 aromatic heterocycles. The lowest BCUT2D eigenvalue weighted by Crippen LogP contribution is -2.41. The Bertz CT molecular complexity index is 820. The van der Waals surface area contributed by atoms with E-state index in [4.69, 9.17) is 5.10 Å². The molecular weight excluding hydrogens is 334 g/mol. The van der Waals surface area contributed by atoms with E-state index in [2.05, 4.69) is 17.0 Å². The van der Waals surface area contributed by atoms with Crippen LogP contribution in [0.2, 0.25) is 0 Å². The highest BCUT2D eigenvalue weighted by atomic mass is 16.2. The fraction of sp³-hybridized carbons (Fsp3) is 0.565. The fourth-order valence-corrected chi connectivity index (χ4v) is 5.58.